The molecule has 0 saturated carbocycles. The molecular weight excluding hydrogens is 406 g/mol. The van der Waals surface area contributed by atoms with E-state index in [1.807, 2.05) is 48.5 Å². The zero-order valence-corrected chi connectivity index (χ0v) is 16.4. The van der Waals surface area contributed by atoms with E-state index in [9.17, 15) is 4.79 Å². The molecule has 0 unspecified atom stereocenters. The van der Waals surface area contributed by atoms with E-state index < -0.39 is 0 Å². The van der Waals surface area contributed by atoms with Gasteiger partial charge < -0.3 is 4.74 Å². The fourth-order valence-corrected chi connectivity index (χ4v) is 3.46. The van der Waals surface area contributed by atoms with Crippen LogP contribution in [0.4, 0.5) is 0 Å². The van der Waals surface area contributed by atoms with Crippen LogP contribution in [0.25, 0.3) is 21.7 Å². The predicted molar refractivity (Wildman–Crippen MR) is 112 cm³/mol. The summed E-state index contributed by atoms with van der Waals surface area (Å²) in [4.78, 5) is 17.3. The number of benzene rings is 3. The van der Waals surface area contributed by atoms with E-state index in [0.717, 1.165) is 26.6 Å². The SMILES string of the molecule is COc1ccc(C=Nn2c(C)nc3ccc(Br)cc3c2=O)c2ccccc12. The van der Waals surface area contributed by atoms with Crippen LogP contribution < -0.4 is 10.3 Å². The molecule has 0 aliphatic carbocycles. The van der Waals surface area contributed by atoms with Gasteiger partial charge in [-0.3, -0.25) is 4.79 Å². The molecular formula is C21H16BrN3O2. The minimum Gasteiger partial charge on any atom is -0.496 e. The van der Waals surface area contributed by atoms with Gasteiger partial charge in [-0.05, 0) is 42.6 Å². The molecule has 0 atom stereocenters. The summed E-state index contributed by atoms with van der Waals surface area (Å²) in [7, 11) is 1.65. The van der Waals surface area contributed by atoms with Crippen molar-refractivity contribution in [1.82, 2.24) is 9.66 Å². The molecule has 27 heavy (non-hydrogen) atoms. The number of ether oxygens (including phenoxy) is 1. The highest BCUT2D eigenvalue weighted by molar-refractivity contribution is 9.10. The van der Waals surface area contributed by atoms with Gasteiger partial charge in [0.15, 0.2) is 0 Å². The smallest absolute Gasteiger partial charge is 0.282 e. The van der Waals surface area contributed by atoms with E-state index in [0.29, 0.717) is 16.7 Å². The lowest BCUT2D eigenvalue weighted by molar-refractivity contribution is 0.420. The molecule has 0 radical (unpaired) electrons. The molecule has 0 amide bonds. The van der Waals surface area contributed by atoms with E-state index >= 15 is 0 Å². The van der Waals surface area contributed by atoms with Crippen LogP contribution in [0.5, 0.6) is 5.75 Å². The summed E-state index contributed by atoms with van der Waals surface area (Å²) < 4.78 is 7.58. The van der Waals surface area contributed by atoms with Gasteiger partial charge in [-0.2, -0.15) is 9.78 Å². The number of rotatable bonds is 3. The summed E-state index contributed by atoms with van der Waals surface area (Å²) in [6.45, 7) is 1.77. The van der Waals surface area contributed by atoms with E-state index in [1.54, 1.807) is 26.3 Å². The monoisotopic (exact) mass is 421 g/mol. The average molecular weight is 422 g/mol. The van der Waals surface area contributed by atoms with E-state index in [1.165, 1.54) is 4.68 Å². The molecule has 0 aliphatic rings. The number of hydrogen-bond donors (Lipinski definition) is 0. The summed E-state index contributed by atoms with van der Waals surface area (Å²) in [5, 5.41) is 6.94. The molecule has 0 fully saturated rings. The van der Waals surface area contributed by atoms with Gasteiger partial charge in [-0.1, -0.05) is 40.2 Å². The highest BCUT2D eigenvalue weighted by Crippen LogP contribution is 2.27. The number of fused-ring (bicyclic) bond motifs is 2. The molecule has 0 bridgehead atoms. The van der Waals surface area contributed by atoms with Crippen molar-refractivity contribution < 1.29 is 4.74 Å². The first-order valence-electron chi connectivity index (χ1n) is 8.37. The largest absolute Gasteiger partial charge is 0.496 e. The van der Waals surface area contributed by atoms with Crippen molar-refractivity contribution in [2.75, 3.05) is 7.11 Å². The predicted octanol–water partition coefficient (Wildman–Crippen LogP) is 4.51. The van der Waals surface area contributed by atoms with Crippen molar-refractivity contribution in [3.05, 3.63) is 80.8 Å². The fourth-order valence-electron chi connectivity index (χ4n) is 3.10. The van der Waals surface area contributed by atoms with Crippen LogP contribution in [-0.2, 0) is 0 Å². The Labute approximate surface area is 164 Å². The first-order valence-corrected chi connectivity index (χ1v) is 9.17. The van der Waals surface area contributed by atoms with Crippen LogP contribution in [0.3, 0.4) is 0 Å². The Balaban J connectivity index is 1.87. The van der Waals surface area contributed by atoms with Gasteiger partial charge >= 0.3 is 0 Å². The van der Waals surface area contributed by atoms with E-state index in [-0.39, 0.29) is 5.56 Å². The van der Waals surface area contributed by atoms with Gasteiger partial charge in [-0.25, -0.2) is 4.98 Å². The molecule has 1 aromatic heterocycles. The zero-order chi connectivity index (χ0) is 19.0. The topological polar surface area (TPSA) is 56.5 Å². The molecule has 6 heteroatoms. The van der Waals surface area contributed by atoms with Gasteiger partial charge in [0.1, 0.15) is 11.6 Å². The maximum atomic E-state index is 12.9. The number of nitrogens with zero attached hydrogens (tertiary/aromatic N) is 3. The molecule has 1 heterocycles. The van der Waals surface area contributed by atoms with Crippen LogP contribution in [0.1, 0.15) is 11.4 Å². The molecule has 134 valence electrons. The quantitative estimate of drug-likeness (QED) is 0.457. The van der Waals surface area contributed by atoms with Crippen molar-refractivity contribution in [3.8, 4) is 5.75 Å². The van der Waals surface area contributed by atoms with Crippen LogP contribution in [-0.4, -0.2) is 23.0 Å². The molecule has 4 aromatic rings. The van der Waals surface area contributed by atoms with Crippen LogP contribution in [0, 0.1) is 6.92 Å². The van der Waals surface area contributed by atoms with Gasteiger partial charge in [0, 0.05) is 15.4 Å². The molecule has 0 aliphatic heterocycles. The summed E-state index contributed by atoms with van der Waals surface area (Å²) in [5.74, 6) is 1.33. The Morgan fingerprint density at radius 1 is 1.07 bits per heavy atom. The lowest BCUT2D eigenvalue weighted by Gasteiger charge is -2.08. The minimum absolute atomic E-state index is 0.201. The van der Waals surface area contributed by atoms with Gasteiger partial charge in [0.05, 0.1) is 24.2 Å². The van der Waals surface area contributed by atoms with Gasteiger partial charge in [-0.15, -0.1) is 0 Å². The lowest BCUT2D eigenvalue weighted by Crippen LogP contribution is -2.20. The van der Waals surface area contributed by atoms with Crippen LogP contribution in [0.15, 0.2) is 69.0 Å². The standard InChI is InChI=1S/C21H16BrN3O2/c1-13-24-19-9-8-15(22)11-18(19)21(26)25(13)23-12-14-7-10-20(27-2)17-6-4-3-5-16(14)17/h3-12H,1-2H3. The molecule has 4 rings (SSSR count). The summed E-state index contributed by atoms with van der Waals surface area (Å²) in [6.07, 6.45) is 1.68. The van der Waals surface area contributed by atoms with Crippen molar-refractivity contribution in [3.63, 3.8) is 0 Å². The van der Waals surface area contributed by atoms with E-state index in [4.69, 9.17) is 4.74 Å². The van der Waals surface area contributed by atoms with Crippen molar-refractivity contribution in [2.24, 2.45) is 5.10 Å². The van der Waals surface area contributed by atoms with Crippen molar-refractivity contribution in [1.29, 1.82) is 0 Å². The second-order valence-corrected chi connectivity index (χ2v) is 7.00. The summed E-state index contributed by atoms with van der Waals surface area (Å²) >= 11 is 3.40. The Kier molecular flexibility index (Phi) is 4.49. The Morgan fingerprint density at radius 2 is 1.85 bits per heavy atom. The zero-order valence-electron chi connectivity index (χ0n) is 14.8. The maximum Gasteiger partial charge on any atom is 0.282 e. The normalized spacial score (nSPS) is 11.5. The number of halogens is 1. The third-order valence-electron chi connectivity index (χ3n) is 4.42. The number of methoxy groups -OCH3 is 1. The highest BCUT2D eigenvalue weighted by Gasteiger charge is 2.09. The average Bonchev–Trinajstić information content (AvgIpc) is 2.68. The first-order chi connectivity index (χ1) is 13.1. The van der Waals surface area contributed by atoms with Gasteiger partial charge in [0.25, 0.3) is 5.56 Å². The number of aryl methyl sites for hydroxylation is 1. The van der Waals surface area contributed by atoms with Crippen LogP contribution >= 0.6 is 15.9 Å². The second kappa shape index (κ2) is 6.96. The summed E-state index contributed by atoms with van der Waals surface area (Å²) in [5.41, 5.74) is 1.35. The molecule has 0 saturated heterocycles. The van der Waals surface area contributed by atoms with E-state index in [2.05, 4.69) is 26.0 Å². The third kappa shape index (κ3) is 3.13. The Bertz CT molecular complexity index is 1260. The molecule has 0 spiro atoms. The van der Waals surface area contributed by atoms with Crippen LogP contribution in [0.2, 0.25) is 0 Å². The first kappa shape index (κ1) is 17.4. The Hall–Kier alpha value is -2.99. The number of aromatic nitrogens is 2. The maximum absolute atomic E-state index is 12.9. The fraction of sp³-hybridized carbons (Fsp3) is 0.0952. The Morgan fingerprint density at radius 3 is 2.63 bits per heavy atom. The molecule has 3 aromatic carbocycles. The van der Waals surface area contributed by atoms with Crippen molar-refractivity contribution in [2.45, 2.75) is 6.92 Å². The lowest BCUT2D eigenvalue weighted by atomic mass is 10.0. The minimum atomic E-state index is -0.201. The summed E-state index contributed by atoms with van der Waals surface area (Å²) in [6, 6.07) is 17.2. The number of hydrogen-bond acceptors (Lipinski definition) is 4. The van der Waals surface area contributed by atoms with Crippen molar-refractivity contribution >= 4 is 43.8 Å². The highest BCUT2D eigenvalue weighted by atomic mass is 79.9. The molecule has 5 nitrogen and oxygen atoms in total. The molecule has 0 N–H and O–H groups in total. The van der Waals surface area contributed by atoms with Gasteiger partial charge in [0.2, 0.25) is 0 Å². The second-order valence-electron chi connectivity index (χ2n) is 6.08. The third-order valence-corrected chi connectivity index (χ3v) is 4.91.